The van der Waals surface area contributed by atoms with Crippen LogP contribution < -0.4 is 5.73 Å². The number of thioether (sulfide) groups is 1. The van der Waals surface area contributed by atoms with E-state index in [2.05, 4.69) is 16.7 Å². The van der Waals surface area contributed by atoms with Crippen LogP contribution in [0.1, 0.15) is 25.7 Å². The summed E-state index contributed by atoms with van der Waals surface area (Å²) in [5, 5.41) is 0. The molecule has 0 unspecified atom stereocenters. The van der Waals surface area contributed by atoms with Crippen LogP contribution in [0.4, 0.5) is 0 Å². The van der Waals surface area contributed by atoms with Gasteiger partial charge >= 0.3 is 0 Å². The lowest BCUT2D eigenvalue weighted by molar-refractivity contribution is 0.362. The van der Waals surface area contributed by atoms with E-state index < -0.39 is 0 Å². The Morgan fingerprint density at radius 1 is 1.08 bits per heavy atom. The number of nitrogens with two attached hydrogens (primary N) is 1. The molecule has 0 spiro atoms. The van der Waals surface area contributed by atoms with Crippen molar-refractivity contribution in [2.24, 2.45) is 5.73 Å². The van der Waals surface area contributed by atoms with Crippen LogP contribution in [-0.2, 0) is 0 Å². The predicted molar refractivity (Wildman–Crippen MR) is 61.3 cm³/mol. The Morgan fingerprint density at radius 2 is 1.85 bits per heavy atom. The van der Waals surface area contributed by atoms with Crippen LogP contribution in [0.25, 0.3) is 0 Å². The summed E-state index contributed by atoms with van der Waals surface area (Å²) in [7, 11) is 0. The standard InChI is InChI=1S/C10H22N2S/c11-5-1-4-9-13-10-8-12-6-2-3-7-12/h1-11H2. The van der Waals surface area contributed by atoms with Crippen LogP contribution in [-0.4, -0.2) is 42.6 Å². The summed E-state index contributed by atoms with van der Waals surface area (Å²) < 4.78 is 0. The Bertz CT molecular complexity index is 113. The van der Waals surface area contributed by atoms with E-state index in [9.17, 15) is 0 Å². The molecule has 0 aromatic rings. The van der Waals surface area contributed by atoms with Crippen molar-refractivity contribution in [3.8, 4) is 0 Å². The van der Waals surface area contributed by atoms with Crippen LogP contribution in [0, 0.1) is 0 Å². The molecule has 0 saturated carbocycles. The first-order valence-corrected chi connectivity index (χ1v) is 6.59. The van der Waals surface area contributed by atoms with Gasteiger partial charge in [0, 0.05) is 12.3 Å². The van der Waals surface area contributed by atoms with Gasteiger partial charge in [-0.2, -0.15) is 11.8 Å². The molecule has 0 aliphatic carbocycles. The van der Waals surface area contributed by atoms with E-state index in [1.165, 1.54) is 56.8 Å². The Labute approximate surface area is 86.2 Å². The van der Waals surface area contributed by atoms with Crippen LogP contribution in [0.2, 0.25) is 0 Å². The second-order valence-electron chi connectivity index (χ2n) is 3.66. The lowest BCUT2D eigenvalue weighted by Crippen LogP contribution is -2.22. The van der Waals surface area contributed by atoms with Crippen LogP contribution in [0.15, 0.2) is 0 Å². The monoisotopic (exact) mass is 202 g/mol. The number of unbranched alkanes of at least 4 members (excludes halogenated alkanes) is 1. The quantitative estimate of drug-likeness (QED) is 0.635. The van der Waals surface area contributed by atoms with Crippen molar-refractivity contribution in [2.75, 3.05) is 37.7 Å². The van der Waals surface area contributed by atoms with Gasteiger partial charge in [-0.25, -0.2) is 0 Å². The van der Waals surface area contributed by atoms with E-state index in [1.54, 1.807) is 0 Å². The molecule has 13 heavy (non-hydrogen) atoms. The fraction of sp³-hybridized carbons (Fsp3) is 1.00. The molecule has 2 nitrogen and oxygen atoms in total. The van der Waals surface area contributed by atoms with Gasteiger partial charge in [0.15, 0.2) is 0 Å². The molecule has 0 amide bonds. The SMILES string of the molecule is NCCCCSCCN1CCCC1. The number of hydrogen-bond donors (Lipinski definition) is 1. The fourth-order valence-electron chi connectivity index (χ4n) is 1.65. The summed E-state index contributed by atoms with van der Waals surface area (Å²) >= 11 is 2.08. The van der Waals surface area contributed by atoms with Crippen LogP contribution in [0.5, 0.6) is 0 Å². The van der Waals surface area contributed by atoms with E-state index in [1.807, 2.05) is 0 Å². The summed E-state index contributed by atoms with van der Waals surface area (Å²) in [6.07, 6.45) is 5.31. The molecule has 1 rings (SSSR count). The molecule has 0 aromatic carbocycles. The zero-order valence-corrected chi connectivity index (χ0v) is 9.32. The van der Waals surface area contributed by atoms with Crippen molar-refractivity contribution < 1.29 is 0 Å². The van der Waals surface area contributed by atoms with Crippen molar-refractivity contribution >= 4 is 11.8 Å². The van der Waals surface area contributed by atoms with Crippen molar-refractivity contribution in [2.45, 2.75) is 25.7 Å². The molecule has 1 heterocycles. The Hall–Kier alpha value is 0.270. The zero-order chi connectivity index (χ0) is 9.36. The summed E-state index contributed by atoms with van der Waals surface area (Å²) in [5.74, 6) is 2.61. The van der Waals surface area contributed by atoms with Crippen molar-refractivity contribution in [3.63, 3.8) is 0 Å². The smallest absolute Gasteiger partial charge is 0.00723 e. The van der Waals surface area contributed by atoms with Gasteiger partial charge in [0.2, 0.25) is 0 Å². The second kappa shape index (κ2) is 7.65. The third-order valence-electron chi connectivity index (χ3n) is 2.49. The van der Waals surface area contributed by atoms with Crippen LogP contribution >= 0.6 is 11.8 Å². The Balaban J connectivity index is 1.78. The molecule has 0 bridgehead atoms. The first kappa shape index (κ1) is 11.3. The molecule has 1 fully saturated rings. The van der Waals surface area contributed by atoms with Gasteiger partial charge in [0.25, 0.3) is 0 Å². The number of nitrogens with zero attached hydrogens (tertiary/aromatic N) is 1. The molecule has 0 radical (unpaired) electrons. The van der Waals surface area contributed by atoms with Gasteiger partial charge in [0.1, 0.15) is 0 Å². The Morgan fingerprint density at radius 3 is 2.54 bits per heavy atom. The first-order chi connectivity index (χ1) is 6.43. The van der Waals surface area contributed by atoms with Crippen molar-refractivity contribution in [1.82, 2.24) is 4.90 Å². The zero-order valence-electron chi connectivity index (χ0n) is 8.50. The van der Waals surface area contributed by atoms with Gasteiger partial charge < -0.3 is 10.6 Å². The highest BCUT2D eigenvalue weighted by Gasteiger charge is 2.09. The number of rotatable bonds is 7. The minimum Gasteiger partial charge on any atom is -0.330 e. The highest BCUT2D eigenvalue weighted by atomic mass is 32.2. The molecule has 1 aliphatic heterocycles. The minimum atomic E-state index is 0.854. The minimum absolute atomic E-state index is 0.854. The van der Waals surface area contributed by atoms with E-state index in [4.69, 9.17) is 5.73 Å². The molecule has 1 aliphatic rings. The second-order valence-corrected chi connectivity index (χ2v) is 4.88. The molecule has 1 saturated heterocycles. The van der Waals surface area contributed by atoms with Crippen LogP contribution in [0.3, 0.4) is 0 Å². The Kier molecular flexibility index (Phi) is 6.68. The van der Waals surface area contributed by atoms with E-state index in [0.29, 0.717) is 0 Å². The lowest BCUT2D eigenvalue weighted by Gasteiger charge is -2.13. The predicted octanol–water partition coefficient (Wildman–Crippen LogP) is 1.55. The van der Waals surface area contributed by atoms with E-state index in [0.717, 1.165) is 6.54 Å². The van der Waals surface area contributed by atoms with Gasteiger partial charge in [-0.1, -0.05) is 0 Å². The average Bonchev–Trinajstić information content (AvgIpc) is 2.63. The maximum atomic E-state index is 5.43. The fourth-order valence-corrected chi connectivity index (χ4v) is 2.65. The molecule has 0 aromatic heterocycles. The normalized spacial score (nSPS) is 18.2. The topological polar surface area (TPSA) is 29.3 Å². The lowest BCUT2D eigenvalue weighted by atomic mass is 10.3. The third kappa shape index (κ3) is 5.55. The molecule has 0 atom stereocenters. The number of hydrogen-bond acceptors (Lipinski definition) is 3. The highest BCUT2D eigenvalue weighted by Crippen LogP contribution is 2.10. The summed E-state index contributed by atoms with van der Waals surface area (Å²) in [4.78, 5) is 2.58. The molecule has 2 N–H and O–H groups in total. The van der Waals surface area contributed by atoms with Gasteiger partial charge in [-0.3, -0.25) is 0 Å². The summed E-state index contributed by atoms with van der Waals surface area (Å²) in [5.41, 5.74) is 5.43. The molecular weight excluding hydrogens is 180 g/mol. The number of likely N-dealkylation sites (tertiary alicyclic amines) is 1. The third-order valence-corrected chi connectivity index (χ3v) is 3.54. The highest BCUT2D eigenvalue weighted by molar-refractivity contribution is 7.99. The van der Waals surface area contributed by atoms with E-state index in [-0.39, 0.29) is 0 Å². The van der Waals surface area contributed by atoms with E-state index >= 15 is 0 Å². The first-order valence-electron chi connectivity index (χ1n) is 5.43. The van der Waals surface area contributed by atoms with Gasteiger partial charge in [-0.05, 0) is 51.1 Å². The maximum Gasteiger partial charge on any atom is 0.00723 e. The maximum absolute atomic E-state index is 5.43. The molecule has 78 valence electrons. The van der Waals surface area contributed by atoms with Crippen molar-refractivity contribution in [1.29, 1.82) is 0 Å². The molecule has 3 heteroatoms. The largest absolute Gasteiger partial charge is 0.330 e. The van der Waals surface area contributed by atoms with Gasteiger partial charge in [0.05, 0.1) is 0 Å². The molecular formula is C10H22N2S. The summed E-state index contributed by atoms with van der Waals surface area (Å²) in [6.45, 7) is 4.83. The van der Waals surface area contributed by atoms with Gasteiger partial charge in [-0.15, -0.1) is 0 Å². The summed E-state index contributed by atoms with van der Waals surface area (Å²) in [6, 6.07) is 0. The van der Waals surface area contributed by atoms with Crippen molar-refractivity contribution in [3.05, 3.63) is 0 Å². The average molecular weight is 202 g/mol.